The van der Waals surface area contributed by atoms with Gasteiger partial charge in [0.1, 0.15) is 11.5 Å². The van der Waals surface area contributed by atoms with Gasteiger partial charge in [0.15, 0.2) is 0 Å². The first-order chi connectivity index (χ1) is 14.4. The van der Waals surface area contributed by atoms with Crippen molar-refractivity contribution in [3.05, 3.63) is 40.3 Å². The number of likely N-dealkylation sites (N-methyl/N-ethyl adjacent to an activating group) is 1. The molecule has 1 N–H and O–H groups in total. The summed E-state index contributed by atoms with van der Waals surface area (Å²) in [4.78, 5) is 26.6. The molecule has 1 aliphatic carbocycles. The molecule has 5 rings (SSSR count). The van der Waals surface area contributed by atoms with Gasteiger partial charge in [-0.3, -0.25) is 9.79 Å². The summed E-state index contributed by atoms with van der Waals surface area (Å²) in [6.45, 7) is 3.99. The van der Waals surface area contributed by atoms with Crippen LogP contribution in [0.5, 0.6) is 0 Å². The predicted octanol–water partition coefficient (Wildman–Crippen LogP) is 3.05. The van der Waals surface area contributed by atoms with Crippen molar-refractivity contribution in [3.8, 4) is 0 Å². The quantitative estimate of drug-likeness (QED) is 0.759. The molecule has 1 aromatic rings. The van der Waals surface area contributed by atoms with E-state index in [4.69, 9.17) is 11.6 Å². The van der Waals surface area contributed by atoms with Crippen molar-refractivity contribution >= 4 is 46.5 Å². The number of aryl methyl sites for hydroxylation is 1. The third kappa shape index (κ3) is 3.37. The van der Waals surface area contributed by atoms with E-state index >= 15 is 0 Å². The van der Waals surface area contributed by atoms with Crippen LogP contribution in [0.2, 0.25) is 0 Å². The lowest BCUT2D eigenvalue weighted by Gasteiger charge is -2.44. The molecule has 2 atom stereocenters. The van der Waals surface area contributed by atoms with Crippen LogP contribution in [0.1, 0.15) is 28.8 Å². The number of aliphatic imine (C=N–C) groups is 2. The Morgan fingerprint density at radius 1 is 1.33 bits per heavy atom. The van der Waals surface area contributed by atoms with Crippen molar-refractivity contribution in [2.45, 2.75) is 42.6 Å². The number of carbonyl (C=O) groups excluding carboxylic acids is 1. The van der Waals surface area contributed by atoms with Gasteiger partial charge < -0.3 is 15.1 Å². The summed E-state index contributed by atoms with van der Waals surface area (Å²) in [6, 6.07) is 6.75. The minimum atomic E-state index is -0.301. The topological polar surface area (TPSA) is 60.3 Å². The first kappa shape index (κ1) is 20.1. The van der Waals surface area contributed by atoms with E-state index in [-0.39, 0.29) is 22.7 Å². The van der Waals surface area contributed by atoms with Crippen LogP contribution in [-0.2, 0) is 0 Å². The number of hydrogen-bond acceptors (Lipinski definition) is 6. The molecule has 158 valence electrons. The fourth-order valence-electron chi connectivity index (χ4n) is 4.37. The van der Waals surface area contributed by atoms with Crippen molar-refractivity contribution in [1.82, 2.24) is 10.2 Å². The first-order valence-electron chi connectivity index (χ1n) is 10.3. The molecule has 4 aliphatic rings. The lowest BCUT2D eigenvalue weighted by molar-refractivity contribution is 0.0937. The van der Waals surface area contributed by atoms with E-state index < -0.39 is 0 Å². The number of thioether (sulfide) groups is 1. The molecule has 1 aromatic carbocycles. The van der Waals surface area contributed by atoms with E-state index in [0.29, 0.717) is 11.2 Å². The Balaban J connectivity index is 1.32. The second-order valence-electron chi connectivity index (χ2n) is 8.85. The lowest BCUT2D eigenvalue weighted by Crippen LogP contribution is -2.57. The summed E-state index contributed by atoms with van der Waals surface area (Å²) in [6.07, 6.45) is 3.42. The van der Waals surface area contributed by atoms with Gasteiger partial charge in [-0.05, 0) is 62.5 Å². The van der Waals surface area contributed by atoms with Gasteiger partial charge in [-0.25, -0.2) is 4.99 Å². The van der Waals surface area contributed by atoms with Crippen molar-refractivity contribution in [2.24, 2.45) is 9.98 Å². The molecule has 3 aliphatic heterocycles. The molecule has 0 bridgehead atoms. The van der Waals surface area contributed by atoms with Crippen molar-refractivity contribution < 1.29 is 4.79 Å². The summed E-state index contributed by atoms with van der Waals surface area (Å²) in [5.41, 5.74) is 3.73. The Kier molecular flexibility index (Phi) is 4.95. The van der Waals surface area contributed by atoms with Crippen LogP contribution in [0.3, 0.4) is 0 Å². The summed E-state index contributed by atoms with van der Waals surface area (Å²) in [5, 5.41) is 6.10. The van der Waals surface area contributed by atoms with E-state index in [1.54, 1.807) is 18.1 Å². The molecule has 8 heteroatoms. The number of hydrogen-bond donors (Lipinski definition) is 1. The molecule has 6 nitrogen and oxygen atoms in total. The normalized spacial score (nSPS) is 26.8. The van der Waals surface area contributed by atoms with E-state index in [2.05, 4.69) is 56.7 Å². The summed E-state index contributed by atoms with van der Waals surface area (Å²) >= 11 is 7.94. The third-order valence-electron chi connectivity index (χ3n) is 6.67. The molecule has 0 radical (unpaired) electrons. The Hall–Kier alpha value is -1.83. The summed E-state index contributed by atoms with van der Waals surface area (Å²) in [7, 11) is 4.22. The highest BCUT2D eigenvalue weighted by Gasteiger charge is 2.53. The molecule has 1 saturated heterocycles. The average molecular weight is 444 g/mol. The Morgan fingerprint density at radius 3 is 2.80 bits per heavy atom. The Labute approximate surface area is 186 Å². The second-order valence-corrected chi connectivity index (χ2v) is 10.3. The van der Waals surface area contributed by atoms with Gasteiger partial charge in [0.05, 0.1) is 16.8 Å². The molecule has 2 unspecified atom stereocenters. The zero-order valence-corrected chi connectivity index (χ0v) is 19.0. The molecule has 0 aromatic heterocycles. The Bertz CT molecular complexity index is 978. The van der Waals surface area contributed by atoms with E-state index in [9.17, 15) is 4.79 Å². The predicted molar refractivity (Wildman–Crippen MR) is 125 cm³/mol. The number of nitrogens with one attached hydrogen (secondary N) is 1. The maximum Gasteiger partial charge on any atom is 0.252 e. The fourth-order valence-corrected chi connectivity index (χ4v) is 5.88. The van der Waals surface area contributed by atoms with Crippen LogP contribution in [0.15, 0.2) is 39.2 Å². The number of fused-ring (bicyclic) bond motifs is 1. The molecule has 0 spiro atoms. The maximum atomic E-state index is 13.3. The zero-order chi connectivity index (χ0) is 21.0. The molecule has 1 amide bonds. The van der Waals surface area contributed by atoms with E-state index in [1.165, 1.54) is 5.57 Å². The second kappa shape index (κ2) is 7.39. The number of anilines is 1. The van der Waals surface area contributed by atoms with Crippen molar-refractivity contribution in [3.63, 3.8) is 0 Å². The van der Waals surface area contributed by atoms with Gasteiger partial charge in [-0.2, -0.15) is 0 Å². The van der Waals surface area contributed by atoms with Crippen LogP contribution in [-0.4, -0.2) is 72.4 Å². The number of rotatable bonds is 5. The van der Waals surface area contributed by atoms with Gasteiger partial charge >= 0.3 is 0 Å². The van der Waals surface area contributed by atoms with Gasteiger partial charge in [-0.1, -0.05) is 17.7 Å². The third-order valence-corrected chi connectivity index (χ3v) is 8.30. The average Bonchev–Trinajstić information content (AvgIpc) is 3.29. The minimum Gasteiger partial charge on any atom is -0.368 e. The maximum absolute atomic E-state index is 13.3. The molecule has 2 fully saturated rings. The highest BCUT2D eigenvalue weighted by Crippen LogP contribution is 2.51. The van der Waals surface area contributed by atoms with E-state index in [1.807, 2.05) is 13.0 Å². The standard InChI is InChI=1S/C22H26ClN5OS/c1-13-4-5-14(28-9-15(10-28)27(2)3)8-16(13)21(29)26-22(6-7-22)17-11-30-19-18(17)24-12-25-20(19)23/h4-5,8,11-12,15,18-19H,6-7,9-10H2,1-3H3,(H,26,29). The summed E-state index contributed by atoms with van der Waals surface area (Å²) < 4.78 is 0. The molecule has 30 heavy (non-hydrogen) atoms. The number of carbonyl (C=O) groups is 1. The van der Waals surface area contributed by atoms with Crippen LogP contribution >= 0.6 is 23.4 Å². The van der Waals surface area contributed by atoms with Gasteiger partial charge in [0.2, 0.25) is 0 Å². The van der Waals surface area contributed by atoms with Crippen LogP contribution in [0.4, 0.5) is 5.69 Å². The highest BCUT2D eigenvalue weighted by molar-refractivity contribution is 8.04. The lowest BCUT2D eigenvalue weighted by atomic mass is 9.95. The smallest absolute Gasteiger partial charge is 0.252 e. The van der Waals surface area contributed by atoms with Gasteiger partial charge in [-0.15, -0.1) is 11.8 Å². The zero-order valence-electron chi connectivity index (χ0n) is 17.4. The van der Waals surface area contributed by atoms with Crippen LogP contribution in [0, 0.1) is 6.92 Å². The largest absolute Gasteiger partial charge is 0.368 e. The van der Waals surface area contributed by atoms with E-state index in [0.717, 1.165) is 42.7 Å². The monoisotopic (exact) mass is 443 g/mol. The molecular weight excluding hydrogens is 418 g/mol. The molecule has 3 heterocycles. The van der Waals surface area contributed by atoms with Crippen molar-refractivity contribution in [1.29, 1.82) is 0 Å². The number of amides is 1. The SMILES string of the molecule is Cc1ccc(N2CC(N(C)C)C2)cc1C(=O)NC1(C2=CSC3C(Cl)=NC=NC23)CC1. The molecule has 1 saturated carbocycles. The van der Waals surface area contributed by atoms with Crippen LogP contribution in [0.25, 0.3) is 0 Å². The number of benzene rings is 1. The van der Waals surface area contributed by atoms with Gasteiger partial charge in [0.25, 0.3) is 5.91 Å². The number of halogens is 1. The fraction of sp³-hybridized carbons (Fsp3) is 0.500. The minimum absolute atomic E-state index is 0.00886. The first-order valence-corrected chi connectivity index (χ1v) is 11.7. The van der Waals surface area contributed by atoms with Gasteiger partial charge in [0, 0.05) is 30.4 Å². The summed E-state index contributed by atoms with van der Waals surface area (Å²) in [5.74, 6) is -0.00886. The highest BCUT2D eigenvalue weighted by atomic mass is 35.5. The molecular formula is C22H26ClN5OS. The number of nitrogens with zero attached hydrogens (tertiary/aromatic N) is 4. The van der Waals surface area contributed by atoms with Crippen LogP contribution < -0.4 is 10.2 Å². The Morgan fingerprint density at radius 2 is 2.10 bits per heavy atom. The van der Waals surface area contributed by atoms with Crippen molar-refractivity contribution in [2.75, 3.05) is 32.1 Å².